The second kappa shape index (κ2) is 8.96. The Kier molecular flexibility index (Phi) is 6.10. The van der Waals surface area contributed by atoms with Gasteiger partial charge < -0.3 is 9.88 Å². The van der Waals surface area contributed by atoms with Gasteiger partial charge in [-0.1, -0.05) is 49.4 Å². The van der Waals surface area contributed by atoms with Crippen LogP contribution in [0.2, 0.25) is 0 Å². The van der Waals surface area contributed by atoms with Crippen molar-refractivity contribution in [3.8, 4) is 0 Å². The summed E-state index contributed by atoms with van der Waals surface area (Å²) in [7, 11) is -3.71. The molecule has 7 heteroatoms. The number of para-hydroxylation sites is 1. The number of fused-ring (bicyclic) bond motifs is 1. The predicted octanol–water partition coefficient (Wildman–Crippen LogP) is 4.96. The molecular weight excluding hydrogens is 427 g/mol. The number of rotatable bonds is 7. The predicted molar refractivity (Wildman–Crippen MR) is 124 cm³/mol. The van der Waals surface area contributed by atoms with Gasteiger partial charge in [0.25, 0.3) is 0 Å². The molecule has 32 heavy (non-hydrogen) atoms. The molecule has 1 aromatic heterocycles. The van der Waals surface area contributed by atoms with Crippen LogP contribution in [0.25, 0.3) is 10.9 Å². The monoisotopic (exact) mass is 450 g/mol. The Hall–Kier alpha value is -3.45. The molecule has 5 nitrogen and oxygen atoms in total. The molecule has 0 radical (unpaired) electrons. The fraction of sp³-hybridized carbons (Fsp3) is 0.160. The zero-order valence-electron chi connectivity index (χ0n) is 17.6. The van der Waals surface area contributed by atoms with Crippen LogP contribution in [0.5, 0.6) is 0 Å². The summed E-state index contributed by atoms with van der Waals surface area (Å²) in [4.78, 5) is 12.8. The molecule has 0 aliphatic rings. The number of benzene rings is 3. The minimum Gasteiger partial charge on any atom is -0.337 e. The summed E-state index contributed by atoms with van der Waals surface area (Å²) in [6.45, 7) is 2.04. The molecule has 0 unspecified atom stereocenters. The molecule has 0 atom stereocenters. The zero-order chi connectivity index (χ0) is 22.7. The number of carbonyl (C=O) groups is 1. The van der Waals surface area contributed by atoms with Crippen LogP contribution in [0.1, 0.15) is 18.1 Å². The van der Waals surface area contributed by atoms with E-state index in [4.69, 9.17) is 0 Å². The first-order chi connectivity index (χ1) is 15.4. The molecule has 0 aliphatic carbocycles. The molecule has 4 rings (SSSR count). The zero-order valence-corrected chi connectivity index (χ0v) is 18.4. The van der Waals surface area contributed by atoms with Crippen LogP contribution in [-0.4, -0.2) is 18.9 Å². The van der Waals surface area contributed by atoms with Crippen molar-refractivity contribution in [2.75, 3.05) is 5.32 Å². The van der Waals surface area contributed by atoms with Crippen molar-refractivity contribution in [1.29, 1.82) is 0 Å². The molecule has 0 bridgehead atoms. The van der Waals surface area contributed by atoms with E-state index in [-0.39, 0.29) is 23.1 Å². The molecule has 3 aromatic carbocycles. The molecule has 0 spiro atoms. The third-order valence-corrected chi connectivity index (χ3v) is 7.03. The maximum atomic E-state index is 13.2. The van der Waals surface area contributed by atoms with Crippen LogP contribution in [0, 0.1) is 5.82 Å². The van der Waals surface area contributed by atoms with Crippen molar-refractivity contribution in [2.45, 2.75) is 30.5 Å². The fourth-order valence-corrected chi connectivity index (χ4v) is 5.23. The lowest BCUT2D eigenvalue weighted by Gasteiger charge is -2.08. The van der Waals surface area contributed by atoms with Gasteiger partial charge in [-0.25, -0.2) is 12.8 Å². The molecular formula is C25H23FN2O3S. The number of halogens is 1. The van der Waals surface area contributed by atoms with E-state index in [1.165, 1.54) is 36.0 Å². The average Bonchev–Trinajstić information content (AvgIpc) is 3.15. The maximum Gasteiger partial charge on any atom is 0.244 e. The third kappa shape index (κ3) is 4.73. The second-order valence-corrected chi connectivity index (χ2v) is 9.58. The number of nitrogens with zero attached hydrogens (tertiary/aromatic N) is 1. The number of nitrogens with one attached hydrogen (secondary N) is 1. The van der Waals surface area contributed by atoms with Gasteiger partial charge in [0.15, 0.2) is 9.84 Å². The summed E-state index contributed by atoms with van der Waals surface area (Å²) in [6, 6.07) is 20.1. The third-order valence-electron chi connectivity index (χ3n) is 5.32. The minimum absolute atomic E-state index is 0.0257. The summed E-state index contributed by atoms with van der Waals surface area (Å²) in [5.41, 5.74) is 3.02. The maximum absolute atomic E-state index is 13.2. The number of sulfone groups is 1. The average molecular weight is 451 g/mol. The Morgan fingerprint density at radius 3 is 2.28 bits per heavy atom. The summed E-state index contributed by atoms with van der Waals surface area (Å²) in [5.74, 6) is -0.923. The van der Waals surface area contributed by atoms with Gasteiger partial charge in [-0.3, -0.25) is 4.79 Å². The van der Waals surface area contributed by atoms with Gasteiger partial charge >= 0.3 is 0 Å². The van der Waals surface area contributed by atoms with E-state index in [9.17, 15) is 17.6 Å². The Balaban J connectivity index is 1.60. The Morgan fingerprint density at radius 1 is 0.938 bits per heavy atom. The molecule has 0 saturated heterocycles. The normalized spacial score (nSPS) is 11.6. The van der Waals surface area contributed by atoms with Crippen LogP contribution in [0.4, 0.5) is 10.1 Å². The number of anilines is 1. The van der Waals surface area contributed by atoms with Crippen molar-refractivity contribution in [2.24, 2.45) is 0 Å². The molecule has 0 aliphatic heterocycles. The van der Waals surface area contributed by atoms with E-state index in [0.29, 0.717) is 22.2 Å². The lowest BCUT2D eigenvalue weighted by molar-refractivity contribution is -0.116. The lowest BCUT2D eigenvalue weighted by Crippen LogP contribution is -2.18. The summed E-state index contributed by atoms with van der Waals surface area (Å²) >= 11 is 0. The van der Waals surface area contributed by atoms with E-state index in [1.54, 1.807) is 28.8 Å². The Labute approximate surface area is 186 Å². The van der Waals surface area contributed by atoms with E-state index in [1.807, 2.05) is 24.3 Å². The van der Waals surface area contributed by atoms with Gasteiger partial charge in [0, 0.05) is 22.8 Å². The molecule has 0 fully saturated rings. The fourth-order valence-electron chi connectivity index (χ4n) is 3.65. The van der Waals surface area contributed by atoms with Gasteiger partial charge in [0.05, 0.1) is 10.6 Å². The number of carbonyl (C=O) groups excluding carboxylic acids is 1. The van der Waals surface area contributed by atoms with Crippen molar-refractivity contribution in [1.82, 2.24) is 4.57 Å². The van der Waals surface area contributed by atoms with Crippen LogP contribution in [-0.2, 0) is 33.4 Å². The smallest absolute Gasteiger partial charge is 0.244 e. The van der Waals surface area contributed by atoms with Crippen molar-refractivity contribution in [3.05, 3.63) is 95.9 Å². The Bertz CT molecular complexity index is 1360. The number of aryl methyl sites for hydroxylation is 1. The summed E-state index contributed by atoms with van der Waals surface area (Å²) in [6.07, 6.45) is 2.42. The number of hydrogen-bond acceptors (Lipinski definition) is 3. The topological polar surface area (TPSA) is 68.2 Å². The first kappa shape index (κ1) is 21.8. The van der Waals surface area contributed by atoms with Crippen molar-refractivity contribution in [3.63, 3.8) is 0 Å². The van der Waals surface area contributed by atoms with Gasteiger partial charge in [-0.2, -0.15) is 0 Å². The number of aromatic nitrogens is 1. The lowest BCUT2D eigenvalue weighted by atomic mass is 10.1. The van der Waals surface area contributed by atoms with Crippen LogP contribution in [0.3, 0.4) is 0 Å². The van der Waals surface area contributed by atoms with E-state index in [2.05, 4.69) is 12.2 Å². The number of amides is 1. The van der Waals surface area contributed by atoms with E-state index < -0.39 is 15.7 Å². The second-order valence-electron chi connectivity index (χ2n) is 7.62. The molecule has 164 valence electrons. The standard InChI is InChI=1S/C25H23FN2O3S/c1-2-18-9-13-21(14-10-18)27-25(29)16-28-15-24(22-5-3-4-6-23(22)28)32(30,31)17-19-7-11-20(26)12-8-19/h3-15H,2,16-17H2,1H3,(H,27,29). The molecule has 1 N–H and O–H groups in total. The molecule has 1 heterocycles. The highest BCUT2D eigenvalue weighted by molar-refractivity contribution is 7.90. The summed E-state index contributed by atoms with van der Waals surface area (Å²) in [5, 5.41) is 3.41. The van der Waals surface area contributed by atoms with Crippen LogP contribution in [0.15, 0.2) is 83.9 Å². The summed E-state index contributed by atoms with van der Waals surface area (Å²) < 4.78 is 41.1. The van der Waals surface area contributed by atoms with Crippen LogP contribution >= 0.6 is 0 Å². The molecule has 4 aromatic rings. The van der Waals surface area contributed by atoms with Gasteiger partial charge in [0.2, 0.25) is 5.91 Å². The highest BCUT2D eigenvalue weighted by atomic mass is 32.2. The molecule has 1 amide bonds. The quantitative estimate of drug-likeness (QED) is 0.433. The van der Waals surface area contributed by atoms with Gasteiger partial charge in [0.1, 0.15) is 12.4 Å². The highest BCUT2D eigenvalue weighted by Gasteiger charge is 2.22. The molecule has 0 saturated carbocycles. The Morgan fingerprint density at radius 2 is 1.59 bits per heavy atom. The van der Waals surface area contributed by atoms with Gasteiger partial charge in [-0.05, 0) is 47.9 Å². The highest BCUT2D eigenvalue weighted by Crippen LogP contribution is 2.28. The van der Waals surface area contributed by atoms with E-state index in [0.717, 1.165) is 6.42 Å². The van der Waals surface area contributed by atoms with Crippen LogP contribution < -0.4 is 5.32 Å². The SMILES string of the molecule is CCc1ccc(NC(=O)Cn2cc(S(=O)(=O)Cc3ccc(F)cc3)c3ccccc32)cc1. The van der Waals surface area contributed by atoms with Crippen molar-refractivity contribution < 1.29 is 17.6 Å². The largest absolute Gasteiger partial charge is 0.337 e. The minimum atomic E-state index is -3.71. The first-order valence-corrected chi connectivity index (χ1v) is 11.9. The van der Waals surface area contributed by atoms with E-state index >= 15 is 0 Å². The van der Waals surface area contributed by atoms with Gasteiger partial charge in [-0.15, -0.1) is 0 Å². The van der Waals surface area contributed by atoms with Crippen molar-refractivity contribution >= 4 is 32.3 Å². The number of hydrogen-bond donors (Lipinski definition) is 1. The first-order valence-electron chi connectivity index (χ1n) is 10.3.